The molecule has 0 spiro atoms. The van der Waals surface area contributed by atoms with Crippen LogP contribution in [0, 0.1) is 0 Å². The molecule has 1 aromatic rings. The van der Waals surface area contributed by atoms with Gasteiger partial charge in [0.2, 0.25) is 0 Å². The second kappa shape index (κ2) is 7.89. The maximum atomic E-state index is 12.0. The lowest BCUT2D eigenvalue weighted by molar-refractivity contribution is -0.0498. The molecule has 0 atom stereocenters. The standard InChI is InChI=1S/C13H18F2N2OS/c1-9(2)17-13(19)16-8-7-10-3-5-11(6-4-10)18-12(14)15/h3-6,9,12H,7-8H2,1-2H3,(H2,16,17,19). The zero-order chi connectivity index (χ0) is 14.3. The average Bonchev–Trinajstić information content (AvgIpc) is 2.29. The summed E-state index contributed by atoms with van der Waals surface area (Å²) in [5.74, 6) is 0.170. The van der Waals surface area contributed by atoms with Crippen molar-refractivity contribution in [2.75, 3.05) is 6.54 Å². The van der Waals surface area contributed by atoms with Gasteiger partial charge >= 0.3 is 6.61 Å². The van der Waals surface area contributed by atoms with Gasteiger partial charge in [0, 0.05) is 12.6 Å². The third kappa shape index (κ3) is 6.91. The maximum Gasteiger partial charge on any atom is 0.387 e. The van der Waals surface area contributed by atoms with Crippen LogP contribution in [0.1, 0.15) is 19.4 Å². The van der Waals surface area contributed by atoms with Gasteiger partial charge in [-0.2, -0.15) is 8.78 Å². The fraction of sp³-hybridized carbons (Fsp3) is 0.462. The van der Waals surface area contributed by atoms with Gasteiger partial charge in [-0.25, -0.2) is 0 Å². The Labute approximate surface area is 117 Å². The molecule has 0 saturated heterocycles. The average molecular weight is 288 g/mol. The molecule has 106 valence electrons. The normalized spacial score (nSPS) is 10.6. The van der Waals surface area contributed by atoms with Crippen molar-refractivity contribution in [1.29, 1.82) is 0 Å². The van der Waals surface area contributed by atoms with E-state index in [0.717, 1.165) is 12.0 Å². The first-order valence-corrected chi connectivity index (χ1v) is 6.46. The summed E-state index contributed by atoms with van der Waals surface area (Å²) >= 11 is 5.09. The van der Waals surface area contributed by atoms with Crippen molar-refractivity contribution < 1.29 is 13.5 Å². The number of hydrogen-bond acceptors (Lipinski definition) is 2. The van der Waals surface area contributed by atoms with Crippen LogP contribution in [0.25, 0.3) is 0 Å². The Morgan fingerprint density at radius 3 is 2.42 bits per heavy atom. The highest BCUT2D eigenvalue weighted by atomic mass is 32.1. The SMILES string of the molecule is CC(C)NC(=S)NCCc1ccc(OC(F)F)cc1. The minimum atomic E-state index is -2.79. The van der Waals surface area contributed by atoms with Crippen molar-refractivity contribution in [3.8, 4) is 5.75 Å². The van der Waals surface area contributed by atoms with Gasteiger partial charge in [0.25, 0.3) is 0 Å². The lowest BCUT2D eigenvalue weighted by atomic mass is 10.1. The van der Waals surface area contributed by atoms with Crippen molar-refractivity contribution in [3.05, 3.63) is 29.8 Å². The van der Waals surface area contributed by atoms with Crippen LogP contribution in [-0.4, -0.2) is 24.3 Å². The predicted octanol–water partition coefficient (Wildman–Crippen LogP) is 2.70. The molecule has 0 saturated carbocycles. The molecule has 0 amide bonds. The summed E-state index contributed by atoms with van der Waals surface area (Å²) in [6.07, 6.45) is 0.759. The summed E-state index contributed by atoms with van der Waals surface area (Å²) in [6.45, 7) is 1.92. The van der Waals surface area contributed by atoms with E-state index in [9.17, 15) is 8.78 Å². The fourth-order valence-corrected chi connectivity index (χ4v) is 1.81. The third-order valence-electron chi connectivity index (χ3n) is 2.27. The van der Waals surface area contributed by atoms with Crippen molar-refractivity contribution in [2.45, 2.75) is 32.9 Å². The van der Waals surface area contributed by atoms with Crippen LogP contribution in [-0.2, 0) is 6.42 Å². The molecular weight excluding hydrogens is 270 g/mol. The van der Waals surface area contributed by atoms with Crippen LogP contribution in [0.15, 0.2) is 24.3 Å². The lowest BCUT2D eigenvalue weighted by Crippen LogP contribution is -2.40. The Kier molecular flexibility index (Phi) is 6.49. The smallest absolute Gasteiger partial charge is 0.387 e. The Hall–Kier alpha value is -1.43. The lowest BCUT2D eigenvalue weighted by Gasteiger charge is -2.13. The first kappa shape index (κ1) is 15.6. The number of ether oxygens (including phenoxy) is 1. The van der Waals surface area contributed by atoms with Gasteiger partial charge in [-0.15, -0.1) is 0 Å². The molecule has 0 radical (unpaired) electrons. The summed E-state index contributed by atoms with van der Waals surface area (Å²) in [7, 11) is 0. The summed E-state index contributed by atoms with van der Waals surface area (Å²) in [5.41, 5.74) is 1.03. The van der Waals surface area contributed by atoms with Crippen LogP contribution in [0.4, 0.5) is 8.78 Å². The highest BCUT2D eigenvalue weighted by Crippen LogP contribution is 2.14. The zero-order valence-corrected chi connectivity index (χ0v) is 11.8. The Morgan fingerprint density at radius 1 is 1.26 bits per heavy atom. The first-order chi connectivity index (χ1) is 8.97. The number of alkyl halides is 2. The van der Waals surface area contributed by atoms with Gasteiger partial charge in [0.05, 0.1) is 0 Å². The van der Waals surface area contributed by atoms with Gasteiger partial charge in [0.15, 0.2) is 5.11 Å². The van der Waals surface area contributed by atoms with E-state index in [1.807, 2.05) is 13.8 Å². The van der Waals surface area contributed by atoms with E-state index in [2.05, 4.69) is 15.4 Å². The van der Waals surface area contributed by atoms with Gasteiger partial charge in [-0.3, -0.25) is 0 Å². The van der Waals surface area contributed by atoms with Crippen LogP contribution in [0.3, 0.4) is 0 Å². The fourth-order valence-electron chi connectivity index (χ4n) is 1.47. The number of hydrogen-bond donors (Lipinski definition) is 2. The Balaban J connectivity index is 2.32. The van der Waals surface area contributed by atoms with Crippen LogP contribution in [0.2, 0.25) is 0 Å². The number of halogens is 2. The molecule has 6 heteroatoms. The molecule has 0 unspecified atom stereocenters. The number of benzene rings is 1. The second-order valence-electron chi connectivity index (χ2n) is 4.33. The second-order valence-corrected chi connectivity index (χ2v) is 4.74. The number of rotatable bonds is 6. The van der Waals surface area contributed by atoms with Gasteiger partial charge < -0.3 is 15.4 Å². The van der Waals surface area contributed by atoms with E-state index in [1.54, 1.807) is 12.1 Å². The van der Waals surface area contributed by atoms with E-state index < -0.39 is 6.61 Å². The third-order valence-corrected chi connectivity index (χ3v) is 2.53. The Bertz CT molecular complexity index is 396. The molecule has 0 bridgehead atoms. The zero-order valence-electron chi connectivity index (χ0n) is 11.0. The van der Waals surface area contributed by atoms with E-state index in [0.29, 0.717) is 17.7 Å². The minimum Gasteiger partial charge on any atom is -0.435 e. The number of thiocarbonyl (C=S) groups is 1. The molecule has 3 nitrogen and oxygen atoms in total. The molecule has 2 N–H and O–H groups in total. The maximum absolute atomic E-state index is 12.0. The monoisotopic (exact) mass is 288 g/mol. The van der Waals surface area contributed by atoms with E-state index >= 15 is 0 Å². The molecule has 0 aliphatic heterocycles. The largest absolute Gasteiger partial charge is 0.435 e. The Morgan fingerprint density at radius 2 is 1.89 bits per heavy atom. The van der Waals surface area contributed by atoms with E-state index in [4.69, 9.17) is 12.2 Å². The van der Waals surface area contributed by atoms with Crippen LogP contribution in [0.5, 0.6) is 5.75 Å². The molecule has 1 rings (SSSR count). The van der Waals surface area contributed by atoms with Gasteiger partial charge in [0.1, 0.15) is 5.75 Å². The number of nitrogens with one attached hydrogen (secondary N) is 2. The minimum absolute atomic E-state index is 0.170. The van der Waals surface area contributed by atoms with Crippen LogP contribution < -0.4 is 15.4 Å². The topological polar surface area (TPSA) is 33.3 Å². The molecule has 0 aromatic heterocycles. The summed E-state index contributed by atoms with van der Waals surface area (Å²) < 4.78 is 28.2. The van der Waals surface area contributed by atoms with Crippen molar-refractivity contribution in [2.24, 2.45) is 0 Å². The predicted molar refractivity (Wildman–Crippen MR) is 75.7 cm³/mol. The molecule has 0 fully saturated rings. The molecule has 1 aromatic carbocycles. The van der Waals surface area contributed by atoms with Crippen molar-refractivity contribution in [1.82, 2.24) is 10.6 Å². The van der Waals surface area contributed by atoms with Gasteiger partial charge in [-0.05, 0) is 50.2 Å². The first-order valence-electron chi connectivity index (χ1n) is 6.05. The molecular formula is C13H18F2N2OS. The van der Waals surface area contributed by atoms with E-state index in [1.165, 1.54) is 12.1 Å². The molecule has 0 aliphatic carbocycles. The summed E-state index contributed by atoms with van der Waals surface area (Å²) in [4.78, 5) is 0. The molecule has 0 heterocycles. The van der Waals surface area contributed by atoms with Gasteiger partial charge in [-0.1, -0.05) is 12.1 Å². The highest BCUT2D eigenvalue weighted by Gasteiger charge is 2.03. The quantitative estimate of drug-likeness (QED) is 0.789. The van der Waals surface area contributed by atoms with Crippen molar-refractivity contribution >= 4 is 17.3 Å². The van der Waals surface area contributed by atoms with E-state index in [-0.39, 0.29) is 5.75 Å². The molecule has 0 aliphatic rings. The highest BCUT2D eigenvalue weighted by molar-refractivity contribution is 7.80. The van der Waals surface area contributed by atoms with Crippen LogP contribution >= 0.6 is 12.2 Å². The molecule has 19 heavy (non-hydrogen) atoms. The van der Waals surface area contributed by atoms with Crippen molar-refractivity contribution in [3.63, 3.8) is 0 Å². The summed E-state index contributed by atoms with van der Waals surface area (Å²) in [6, 6.07) is 6.89. The summed E-state index contributed by atoms with van der Waals surface area (Å²) in [5, 5.41) is 6.77.